The molecular weight excluding hydrogens is 837 g/mol. The number of halogens is 4. The Hall–Kier alpha value is -8.22. The topological polar surface area (TPSA) is 6.48 Å². The fraction of sp³-hybridized carbons (Fsp3) is 0.0492. The zero-order valence-corrected chi connectivity index (χ0v) is 36.7. The highest BCUT2D eigenvalue weighted by atomic mass is 19.2. The summed E-state index contributed by atoms with van der Waals surface area (Å²) >= 11 is 0. The maximum absolute atomic E-state index is 17.2. The molecule has 324 valence electrons. The molecule has 10 aromatic rings. The third kappa shape index (κ3) is 7.13. The van der Waals surface area contributed by atoms with Gasteiger partial charge in [-0.2, -0.15) is 0 Å². The summed E-state index contributed by atoms with van der Waals surface area (Å²) in [5, 5.41) is 1.45. The number of hydrogen-bond acceptors (Lipinski definition) is 2. The third-order valence-corrected chi connectivity index (χ3v) is 13.2. The Balaban J connectivity index is 1.01. The fourth-order valence-corrected chi connectivity index (χ4v) is 9.78. The van der Waals surface area contributed by atoms with E-state index in [1.165, 1.54) is 17.0 Å². The number of rotatable bonds is 9. The van der Waals surface area contributed by atoms with Crippen molar-refractivity contribution in [3.63, 3.8) is 0 Å². The Kier molecular flexibility index (Phi) is 10.3. The highest BCUT2D eigenvalue weighted by molar-refractivity contribution is 6.00. The fourth-order valence-electron chi connectivity index (χ4n) is 9.78. The summed E-state index contributed by atoms with van der Waals surface area (Å²) in [4.78, 5) is 3.35. The molecule has 0 amide bonds. The second-order valence-corrected chi connectivity index (χ2v) is 17.4. The van der Waals surface area contributed by atoms with Gasteiger partial charge >= 0.3 is 0 Å². The van der Waals surface area contributed by atoms with Crippen molar-refractivity contribution in [3.8, 4) is 44.5 Å². The summed E-state index contributed by atoms with van der Waals surface area (Å²) in [6.07, 6.45) is 0. The summed E-state index contributed by atoms with van der Waals surface area (Å²) in [7, 11) is 0. The molecule has 0 unspecified atom stereocenters. The molecule has 1 aliphatic rings. The van der Waals surface area contributed by atoms with Gasteiger partial charge in [0.05, 0.1) is 11.3 Å². The van der Waals surface area contributed by atoms with Gasteiger partial charge in [-0.05, 0) is 110 Å². The van der Waals surface area contributed by atoms with Crippen LogP contribution in [0.3, 0.4) is 0 Å². The number of benzene rings is 10. The lowest BCUT2D eigenvalue weighted by molar-refractivity contribution is 0.461. The molecule has 0 saturated heterocycles. The van der Waals surface area contributed by atoms with Crippen LogP contribution in [0.15, 0.2) is 218 Å². The summed E-state index contributed by atoms with van der Waals surface area (Å²) in [5.74, 6) is -6.00. The Morgan fingerprint density at radius 1 is 0.343 bits per heavy atom. The SMILES string of the molecule is CC1(C)c2ccccc2-c2ccc(N(c3c(F)c(F)c(-c4ccc(N(c5ccc(-c6ccccc6)cc5)c5ccc(-c6ccccc6)cc5)cc4)c(F)c3F)c3cccc4ccccc34)cc21. The van der Waals surface area contributed by atoms with Crippen molar-refractivity contribution in [1.82, 2.24) is 0 Å². The lowest BCUT2D eigenvalue weighted by Crippen LogP contribution is -2.19. The first kappa shape index (κ1) is 41.5. The molecule has 0 aromatic heterocycles. The molecule has 67 heavy (non-hydrogen) atoms. The van der Waals surface area contributed by atoms with Crippen LogP contribution in [-0.2, 0) is 5.41 Å². The predicted molar refractivity (Wildman–Crippen MR) is 267 cm³/mol. The van der Waals surface area contributed by atoms with Gasteiger partial charge in [-0.15, -0.1) is 0 Å². The second kappa shape index (κ2) is 16.6. The van der Waals surface area contributed by atoms with E-state index in [0.717, 1.165) is 61.3 Å². The van der Waals surface area contributed by atoms with Gasteiger partial charge in [-0.3, -0.25) is 0 Å². The Bertz CT molecular complexity index is 3340. The van der Waals surface area contributed by atoms with Crippen LogP contribution in [0.25, 0.3) is 55.3 Å². The average molecular weight is 879 g/mol. The van der Waals surface area contributed by atoms with E-state index in [-0.39, 0.29) is 5.56 Å². The van der Waals surface area contributed by atoms with Crippen molar-refractivity contribution in [2.24, 2.45) is 0 Å². The van der Waals surface area contributed by atoms with E-state index >= 15 is 17.6 Å². The summed E-state index contributed by atoms with van der Waals surface area (Å²) in [5.41, 5.74) is 9.33. The second-order valence-electron chi connectivity index (χ2n) is 17.4. The van der Waals surface area contributed by atoms with Gasteiger partial charge in [0.25, 0.3) is 0 Å². The van der Waals surface area contributed by atoms with Gasteiger partial charge in [0.15, 0.2) is 23.3 Å². The van der Waals surface area contributed by atoms with Gasteiger partial charge in [-0.25, -0.2) is 17.6 Å². The maximum Gasteiger partial charge on any atom is 0.186 e. The quantitative estimate of drug-likeness (QED) is 0.105. The van der Waals surface area contributed by atoms with Crippen LogP contribution in [0, 0.1) is 23.3 Å². The summed E-state index contributed by atoms with van der Waals surface area (Å²) < 4.78 is 68.2. The Morgan fingerprint density at radius 2 is 0.791 bits per heavy atom. The Labute approximate surface area is 387 Å². The monoisotopic (exact) mass is 878 g/mol. The van der Waals surface area contributed by atoms with Gasteiger partial charge in [0, 0.05) is 33.6 Å². The molecule has 0 bridgehead atoms. The van der Waals surface area contributed by atoms with Gasteiger partial charge in [0.1, 0.15) is 5.69 Å². The molecule has 11 rings (SSSR count). The number of nitrogens with zero attached hydrogens (tertiary/aromatic N) is 2. The lowest BCUT2D eigenvalue weighted by atomic mass is 9.82. The first-order valence-corrected chi connectivity index (χ1v) is 22.3. The van der Waals surface area contributed by atoms with E-state index in [1.807, 2.05) is 144 Å². The molecular formula is C61H42F4N2. The van der Waals surface area contributed by atoms with Crippen molar-refractivity contribution < 1.29 is 17.6 Å². The van der Waals surface area contributed by atoms with E-state index in [2.05, 4.69) is 50.2 Å². The first-order valence-electron chi connectivity index (χ1n) is 22.3. The van der Waals surface area contributed by atoms with E-state index in [0.29, 0.717) is 22.4 Å². The van der Waals surface area contributed by atoms with Crippen molar-refractivity contribution in [2.75, 3.05) is 9.80 Å². The van der Waals surface area contributed by atoms with Crippen LogP contribution in [-0.4, -0.2) is 0 Å². The van der Waals surface area contributed by atoms with Crippen LogP contribution in [0.5, 0.6) is 0 Å². The highest BCUT2D eigenvalue weighted by Gasteiger charge is 2.37. The smallest absolute Gasteiger partial charge is 0.186 e. The maximum atomic E-state index is 17.2. The normalized spacial score (nSPS) is 12.4. The number of hydrogen-bond donors (Lipinski definition) is 0. The number of fused-ring (bicyclic) bond motifs is 4. The lowest BCUT2D eigenvalue weighted by Gasteiger charge is -2.30. The molecule has 1 aliphatic carbocycles. The molecule has 0 spiro atoms. The molecule has 10 aromatic carbocycles. The van der Waals surface area contributed by atoms with E-state index in [4.69, 9.17) is 0 Å². The molecule has 2 nitrogen and oxygen atoms in total. The van der Waals surface area contributed by atoms with Crippen LogP contribution >= 0.6 is 0 Å². The molecule has 0 saturated carbocycles. The summed E-state index contributed by atoms with van der Waals surface area (Å²) in [6.45, 7) is 4.21. The van der Waals surface area contributed by atoms with Crippen LogP contribution in [0.4, 0.5) is 51.7 Å². The van der Waals surface area contributed by atoms with Crippen molar-refractivity contribution in [2.45, 2.75) is 19.3 Å². The zero-order valence-electron chi connectivity index (χ0n) is 36.7. The van der Waals surface area contributed by atoms with Gasteiger partial charge in [0.2, 0.25) is 0 Å². The van der Waals surface area contributed by atoms with Gasteiger partial charge in [-0.1, -0.05) is 178 Å². The molecule has 0 fully saturated rings. The Morgan fingerprint density at radius 3 is 1.37 bits per heavy atom. The zero-order chi connectivity index (χ0) is 45.8. The van der Waals surface area contributed by atoms with Crippen LogP contribution in [0.1, 0.15) is 25.0 Å². The molecule has 0 aliphatic heterocycles. The third-order valence-electron chi connectivity index (χ3n) is 13.2. The van der Waals surface area contributed by atoms with Crippen molar-refractivity contribution >= 4 is 44.9 Å². The molecule has 0 N–H and O–H groups in total. The van der Waals surface area contributed by atoms with Crippen LogP contribution < -0.4 is 9.80 Å². The minimum atomic E-state index is -1.51. The largest absolute Gasteiger partial charge is 0.311 e. The van der Waals surface area contributed by atoms with E-state index in [9.17, 15) is 0 Å². The number of anilines is 6. The van der Waals surface area contributed by atoms with Crippen LogP contribution in [0.2, 0.25) is 0 Å². The minimum absolute atomic E-state index is 0.0179. The first-order chi connectivity index (χ1) is 32.7. The van der Waals surface area contributed by atoms with E-state index in [1.54, 1.807) is 30.3 Å². The minimum Gasteiger partial charge on any atom is -0.311 e. The molecule has 0 heterocycles. The molecule has 6 heteroatoms. The molecule has 0 radical (unpaired) electrons. The summed E-state index contributed by atoms with van der Waals surface area (Å²) in [6, 6.07) is 69.3. The van der Waals surface area contributed by atoms with Gasteiger partial charge < -0.3 is 9.80 Å². The molecule has 0 atom stereocenters. The average Bonchev–Trinajstić information content (AvgIpc) is 3.61. The van der Waals surface area contributed by atoms with E-state index < -0.39 is 39.9 Å². The standard InChI is InChI=1S/C61H42F4N2/c1-61(2)52-22-12-11-21-50(52)51-37-36-48(38-53(51)61)67(54-23-13-19-43-18-9-10-20-49(43)54)60-58(64)56(62)55(57(63)59(60)65)44-28-34-47(35-29-44)66(45-30-24-41(25-31-45)39-14-5-3-6-15-39)46-32-26-42(27-33-46)40-16-7-4-8-17-40/h3-38H,1-2H3. The highest BCUT2D eigenvalue weighted by Crippen LogP contribution is 2.52. The predicted octanol–water partition coefficient (Wildman–Crippen LogP) is 17.6. The van der Waals surface area contributed by atoms with Crippen molar-refractivity contribution in [3.05, 3.63) is 253 Å². The van der Waals surface area contributed by atoms with Crippen molar-refractivity contribution in [1.29, 1.82) is 0 Å².